The molecule has 1 N–H and O–H groups in total. The quantitative estimate of drug-likeness (QED) is 0.899. The van der Waals surface area contributed by atoms with Crippen LogP contribution in [-0.4, -0.2) is 9.97 Å². The molecule has 0 saturated carbocycles. The molecule has 0 atom stereocenters. The van der Waals surface area contributed by atoms with Gasteiger partial charge in [-0.15, -0.1) is 0 Å². The second-order valence-electron chi connectivity index (χ2n) is 4.93. The molecule has 0 radical (unpaired) electrons. The summed E-state index contributed by atoms with van der Waals surface area (Å²) in [6.45, 7) is 6.11. The molecule has 0 aliphatic rings. The van der Waals surface area contributed by atoms with Gasteiger partial charge < -0.3 is 4.98 Å². The fourth-order valence-corrected chi connectivity index (χ4v) is 1.88. The monoisotopic (exact) mass is 242 g/mol. The topological polar surface area (TPSA) is 45.8 Å². The van der Waals surface area contributed by atoms with Crippen LogP contribution < -0.4 is 5.56 Å². The number of aryl methyl sites for hydroxylation is 1. The molecule has 3 nitrogen and oxygen atoms in total. The lowest BCUT2D eigenvalue weighted by molar-refractivity contribution is 0.792. The van der Waals surface area contributed by atoms with Crippen molar-refractivity contribution in [3.05, 3.63) is 63.3 Å². The zero-order chi connectivity index (χ0) is 13.1. The molecule has 0 aliphatic heterocycles. The third-order valence-corrected chi connectivity index (χ3v) is 2.96. The van der Waals surface area contributed by atoms with Gasteiger partial charge in [0.25, 0.3) is 5.56 Å². The zero-order valence-electron chi connectivity index (χ0n) is 11.0. The Morgan fingerprint density at radius 3 is 2.72 bits per heavy atom. The van der Waals surface area contributed by atoms with Gasteiger partial charge in [0.15, 0.2) is 0 Å². The number of aromatic amines is 1. The number of nitrogens with one attached hydrogen (secondary N) is 1. The summed E-state index contributed by atoms with van der Waals surface area (Å²) in [4.78, 5) is 19.1. The Morgan fingerprint density at radius 1 is 1.33 bits per heavy atom. The first-order chi connectivity index (χ1) is 8.56. The van der Waals surface area contributed by atoms with Crippen molar-refractivity contribution in [1.82, 2.24) is 9.97 Å². The molecule has 0 spiro atoms. The Hall–Kier alpha value is -1.90. The summed E-state index contributed by atoms with van der Waals surface area (Å²) >= 11 is 0. The highest BCUT2D eigenvalue weighted by atomic mass is 16.1. The number of hydrogen-bond acceptors (Lipinski definition) is 2. The van der Waals surface area contributed by atoms with Crippen molar-refractivity contribution in [2.45, 2.75) is 33.1 Å². The largest absolute Gasteiger partial charge is 0.323 e. The van der Waals surface area contributed by atoms with Crippen LogP contribution in [0.5, 0.6) is 0 Å². The molecule has 94 valence electrons. The van der Waals surface area contributed by atoms with Crippen LogP contribution in [0.4, 0.5) is 0 Å². The summed E-state index contributed by atoms with van der Waals surface area (Å²) in [6, 6.07) is 8.15. The SMILES string of the molecule is Cc1cccc(Cc2ncc(C(C)C)[nH]c2=O)c1. The van der Waals surface area contributed by atoms with Crippen molar-refractivity contribution in [2.24, 2.45) is 0 Å². The van der Waals surface area contributed by atoms with E-state index < -0.39 is 0 Å². The molecule has 18 heavy (non-hydrogen) atoms. The zero-order valence-corrected chi connectivity index (χ0v) is 11.0. The number of nitrogens with zero attached hydrogens (tertiary/aromatic N) is 1. The summed E-state index contributed by atoms with van der Waals surface area (Å²) in [5.41, 5.74) is 3.69. The molecule has 1 aromatic heterocycles. The smallest absolute Gasteiger partial charge is 0.270 e. The Bertz CT molecular complexity index is 599. The van der Waals surface area contributed by atoms with Gasteiger partial charge in [-0.3, -0.25) is 9.78 Å². The van der Waals surface area contributed by atoms with Crippen molar-refractivity contribution >= 4 is 0 Å². The van der Waals surface area contributed by atoms with Gasteiger partial charge in [-0.25, -0.2) is 0 Å². The van der Waals surface area contributed by atoms with Crippen LogP contribution in [0, 0.1) is 6.92 Å². The predicted octanol–water partition coefficient (Wildman–Crippen LogP) is 2.79. The Kier molecular flexibility index (Phi) is 3.60. The first-order valence-corrected chi connectivity index (χ1v) is 6.20. The highest BCUT2D eigenvalue weighted by molar-refractivity contribution is 5.25. The molecule has 2 aromatic rings. The molecule has 0 aliphatic carbocycles. The van der Waals surface area contributed by atoms with Crippen LogP contribution in [0.2, 0.25) is 0 Å². The average Bonchev–Trinajstić information content (AvgIpc) is 2.31. The summed E-state index contributed by atoms with van der Waals surface area (Å²) in [5, 5.41) is 0. The highest BCUT2D eigenvalue weighted by Crippen LogP contribution is 2.10. The number of hydrogen-bond donors (Lipinski definition) is 1. The van der Waals surface area contributed by atoms with E-state index in [1.165, 1.54) is 5.56 Å². The first kappa shape index (κ1) is 12.6. The van der Waals surface area contributed by atoms with Crippen LogP contribution in [0.25, 0.3) is 0 Å². The van der Waals surface area contributed by atoms with E-state index in [0.29, 0.717) is 18.0 Å². The molecular formula is C15H18N2O. The van der Waals surface area contributed by atoms with Gasteiger partial charge in [-0.1, -0.05) is 43.7 Å². The lowest BCUT2D eigenvalue weighted by Crippen LogP contribution is -2.17. The average molecular weight is 242 g/mol. The van der Waals surface area contributed by atoms with E-state index in [0.717, 1.165) is 11.3 Å². The normalized spacial score (nSPS) is 10.9. The molecule has 1 aromatic carbocycles. The van der Waals surface area contributed by atoms with Crippen molar-refractivity contribution < 1.29 is 0 Å². The fraction of sp³-hybridized carbons (Fsp3) is 0.333. The maximum atomic E-state index is 11.9. The minimum absolute atomic E-state index is 0.0808. The molecule has 0 unspecified atom stereocenters. The van der Waals surface area contributed by atoms with E-state index in [4.69, 9.17) is 0 Å². The third kappa shape index (κ3) is 2.86. The molecule has 0 saturated heterocycles. The van der Waals surface area contributed by atoms with Gasteiger partial charge >= 0.3 is 0 Å². The first-order valence-electron chi connectivity index (χ1n) is 6.20. The summed E-state index contributed by atoms with van der Waals surface area (Å²) in [6.07, 6.45) is 2.34. The standard InChI is InChI=1S/C15H18N2O/c1-10(2)14-9-16-13(15(18)17-14)8-12-6-4-5-11(3)7-12/h4-7,9-10H,8H2,1-3H3,(H,17,18). The van der Waals surface area contributed by atoms with Crippen LogP contribution in [0.15, 0.2) is 35.3 Å². The van der Waals surface area contributed by atoms with Crippen molar-refractivity contribution in [3.63, 3.8) is 0 Å². The van der Waals surface area contributed by atoms with E-state index in [9.17, 15) is 4.79 Å². The molecule has 2 rings (SSSR count). The maximum absolute atomic E-state index is 11.9. The van der Waals surface area contributed by atoms with E-state index in [1.54, 1.807) is 6.20 Å². The minimum atomic E-state index is -0.0808. The van der Waals surface area contributed by atoms with E-state index in [-0.39, 0.29) is 5.56 Å². The predicted molar refractivity (Wildman–Crippen MR) is 72.9 cm³/mol. The lowest BCUT2D eigenvalue weighted by Gasteiger charge is -2.06. The van der Waals surface area contributed by atoms with Crippen LogP contribution in [0.1, 0.15) is 42.3 Å². The summed E-state index contributed by atoms with van der Waals surface area (Å²) in [7, 11) is 0. The molecule has 0 amide bonds. The molecule has 3 heteroatoms. The van der Waals surface area contributed by atoms with E-state index in [1.807, 2.05) is 39.0 Å². The number of rotatable bonds is 3. The molecule has 0 bridgehead atoms. The fourth-order valence-electron chi connectivity index (χ4n) is 1.88. The van der Waals surface area contributed by atoms with Gasteiger partial charge in [0.2, 0.25) is 0 Å². The second-order valence-corrected chi connectivity index (χ2v) is 4.93. The van der Waals surface area contributed by atoms with Crippen molar-refractivity contribution in [2.75, 3.05) is 0 Å². The Labute approximate surface area is 107 Å². The maximum Gasteiger partial charge on any atom is 0.270 e. The van der Waals surface area contributed by atoms with Crippen LogP contribution in [0.3, 0.4) is 0 Å². The van der Waals surface area contributed by atoms with Gasteiger partial charge in [0.05, 0.1) is 0 Å². The molecular weight excluding hydrogens is 224 g/mol. The molecule has 1 heterocycles. The summed E-state index contributed by atoms with van der Waals surface area (Å²) in [5.74, 6) is 0.290. The summed E-state index contributed by atoms with van der Waals surface area (Å²) < 4.78 is 0. The lowest BCUT2D eigenvalue weighted by atomic mass is 10.1. The van der Waals surface area contributed by atoms with Gasteiger partial charge in [0, 0.05) is 18.3 Å². The Balaban J connectivity index is 2.28. The van der Waals surface area contributed by atoms with Gasteiger partial charge in [-0.2, -0.15) is 0 Å². The van der Waals surface area contributed by atoms with Gasteiger partial charge in [0.1, 0.15) is 5.69 Å². The minimum Gasteiger partial charge on any atom is -0.323 e. The number of benzene rings is 1. The Morgan fingerprint density at radius 2 is 2.11 bits per heavy atom. The van der Waals surface area contributed by atoms with E-state index in [2.05, 4.69) is 16.0 Å². The van der Waals surface area contributed by atoms with E-state index >= 15 is 0 Å². The van der Waals surface area contributed by atoms with Crippen molar-refractivity contribution in [1.29, 1.82) is 0 Å². The van der Waals surface area contributed by atoms with Crippen LogP contribution >= 0.6 is 0 Å². The number of H-pyrrole nitrogens is 1. The molecule has 0 fully saturated rings. The van der Waals surface area contributed by atoms with Crippen LogP contribution in [-0.2, 0) is 6.42 Å². The van der Waals surface area contributed by atoms with Gasteiger partial charge in [-0.05, 0) is 18.4 Å². The van der Waals surface area contributed by atoms with Crippen molar-refractivity contribution in [3.8, 4) is 0 Å². The second kappa shape index (κ2) is 5.17. The third-order valence-electron chi connectivity index (χ3n) is 2.96. The number of aromatic nitrogens is 2. The highest BCUT2D eigenvalue weighted by Gasteiger charge is 2.06.